The summed E-state index contributed by atoms with van der Waals surface area (Å²) in [5, 5.41) is 31.1. The van der Waals surface area contributed by atoms with Crippen molar-refractivity contribution in [3.63, 3.8) is 0 Å². The molecule has 0 aliphatic heterocycles. The van der Waals surface area contributed by atoms with Crippen molar-refractivity contribution in [2.75, 3.05) is 13.2 Å². The number of aromatic carboxylic acids is 1. The van der Waals surface area contributed by atoms with Crippen molar-refractivity contribution in [1.29, 1.82) is 0 Å². The lowest BCUT2D eigenvalue weighted by Gasteiger charge is -2.21. The molecule has 0 aliphatic rings. The van der Waals surface area contributed by atoms with Crippen LogP contribution < -0.4 is 9.47 Å². The van der Waals surface area contributed by atoms with E-state index in [1.807, 2.05) is 0 Å². The molecule has 0 spiro atoms. The molecule has 3 N–H and O–H groups in total. The van der Waals surface area contributed by atoms with Crippen molar-refractivity contribution < 1.29 is 29.6 Å². The third-order valence-corrected chi connectivity index (χ3v) is 6.44. The zero-order valence-corrected chi connectivity index (χ0v) is 22.5. The average Bonchev–Trinajstić information content (AvgIpc) is 2.84. The standard InChI is InChI=1S/C29H50O6/c1-4-7-10-13-14-15-16-17-20-23-24(29(32)33)25(30)26(31)28(35-22-19-12-9-6-3)27(23)34-21-18-11-8-5-2/h30-31H,4-22H2,1-3H3,(H,32,33). The predicted octanol–water partition coefficient (Wildman–Crippen LogP) is 8.40. The summed E-state index contributed by atoms with van der Waals surface area (Å²) in [5.74, 6) is -2.07. The lowest BCUT2D eigenvalue weighted by atomic mass is 9.97. The highest BCUT2D eigenvalue weighted by atomic mass is 16.5. The monoisotopic (exact) mass is 494 g/mol. The summed E-state index contributed by atoms with van der Waals surface area (Å²) in [7, 11) is 0. The Balaban J connectivity index is 3.06. The van der Waals surface area contributed by atoms with Gasteiger partial charge in [-0.3, -0.25) is 0 Å². The van der Waals surface area contributed by atoms with Crippen molar-refractivity contribution in [2.45, 2.75) is 130 Å². The highest BCUT2D eigenvalue weighted by Crippen LogP contribution is 2.49. The van der Waals surface area contributed by atoms with Gasteiger partial charge in [0.2, 0.25) is 11.5 Å². The lowest BCUT2D eigenvalue weighted by molar-refractivity contribution is 0.0690. The van der Waals surface area contributed by atoms with Crippen LogP contribution in [-0.4, -0.2) is 34.5 Å². The Bertz CT molecular complexity index is 716. The number of carboxylic acids is 1. The fourth-order valence-corrected chi connectivity index (χ4v) is 4.32. The Morgan fingerprint density at radius 2 is 1.03 bits per heavy atom. The second-order valence-electron chi connectivity index (χ2n) is 9.56. The topological polar surface area (TPSA) is 96.2 Å². The summed E-state index contributed by atoms with van der Waals surface area (Å²) in [6.07, 6.45) is 17.6. The Kier molecular flexibility index (Phi) is 16.9. The molecule has 0 aromatic heterocycles. The number of carbonyl (C=O) groups is 1. The number of phenolic OH excluding ortho intramolecular Hbond substituents is 1. The van der Waals surface area contributed by atoms with E-state index in [-0.39, 0.29) is 17.1 Å². The number of rotatable bonds is 22. The average molecular weight is 495 g/mol. The van der Waals surface area contributed by atoms with Crippen LogP contribution in [0.1, 0.15) is 139 Å². The molecule has 0 radical (unpaired) electrons. The summed E-state index contributed by atoms with van der Waals surface area (Å²) in [5.41, 5.74) is 0.158. The smallest absolute Gasteiger partial charge is 0.340 e. The fraction of sp³-hybridized carbons (Fsp3) is 0.759. The highest BCUT2D eigenvalue weighted by Gasteiger charge is 2.29. The molecular weight excluding hydrogens is 444 g/mol. The van der Waals surface area contributed by atoms with E-state index in [0.717, 1.165) is 70.6 Å². The summed E-state index contributed by atoms with van der Waals surface area (Å²) >= 11 is 0. The molecule has 0 saturated carbocycles. The number of hydrogen-bond acceptors (Lipinski definition) is 5. The molecule has 0 amide bonds. The molecule has 1 rings (SSSR count). The van der Waals surface area contributed by atoms with Gasteiger partial charge >= 0.3 is 5.97 Å². The Hall–Kier alpha value is -2.11. The second kappa shape index (κ2) is 19.1. The van der Waals surface area contributed by atoms with Crippen LogP contribution >= 0.6 is 0 Å². The minimum absolute atomic E-state index is 0.0778. The quantitative estimate of drug-likeness (QED) is 0.111. The molecule has 1 aromatic rings. The maximum Gasteiger partial charge on any atom is 0.340 e. The number of carboxylic acid groups (broad SMARTS) is 1. The molecule has 6 nitrogen and oxygen atoms in total. The van der Waals surface area contributed by atoms with E-state index < -0.39 is 17.5 Å². The minimum Gasteiger partial charge on any atom is -0.504 e. The Morgan fingerprint density at radius 3 is 1.51 bits per heavy atom. The van der Waals surface area contributed by atoms with E-state index in [1.165, 1.54) is 32.1 Å². The van der Waals surface area contributed by atoms with Crippen molar-refractivity contribution in [3.05, 3.63) is 11.1 Å². The van der Waals surface area contributed by atoms with E-state index in [9.17, 15) is 20.1 Å². The van der Waals surface area contributed by atoms with Crippen LogP contribution in [0.4, 0.5) is 0 Å². The normalized spacial score (nSPS) is 11.1. The van der Waals surface area contributed by atoms with Gasteiger partial charge in [0.05, 0.1) is 13.2 Å². The van der Waals surface area contributed by atoms with E-state index >= 15 is 0 Å². The maximum atomic E-state index is 12.1. The molecule has 0 heterocycles. The lowest BCUT2D eigenvalue weighted by Crippen LogP contribution is -2.11. The molecule has 0 aliphatic carbocycles. The molecule has 0 saturated heterocycles. The highest BCUT2D eigenvalue weighted by molar-refractivity contribution is 5.96. The first-order valence-corrected chi connectivity index (χ1v) is 14.1. The maximum absolute atomic E-state index is 12.1. The van der Waals surface area contributed by atoms with E-state index in [1.54, 1.807) is 0 Å². The SMILES string of the molecule is CCCCCCCCCCc1c(OCCCCCC)c(OCCCCCC)c(O)c(O)c1C(=O)O. The van der Waals surface area contributed by atoms with E-state index in [0.29, 0.717) is 25.2 Å². The van der Waals surface area contributed by atoms with Crippen molar-refractivity contribution >= 4 is 5.97 Å². The van der Waals surface area contributed by atoms with Gasteiger partial charge in [0.15, 0.2) is 11.5 Å². The molecule has 202 valence electrons. The number of phenols is 2. The second-order valence-corrected chi connectivity index (χ2v) is 9.56. The molecule has 35 heavy (non-hydrogen) atoms. The number of hydrogen-bond donors (Lipinski definition) is 3. The molecule has 0 atom stereocenters. The van der Waals surface area contributed by atoms with Crippen LogP contribution in [0, 0.1) is 0 Å². The van der Waals surface area contributed by atoms with Crippen molar-refractivity contribution in [1.82, 2.24) is 0 Å². The third-order valence-electron chi connectivity index (χ3n) is 6.44. The Labute approximate surface area is 213 Å². The van der Waals surface area contributed by atoms with Gasteiger partial charge in [-0.05, 0) is 25.7 Å². The predicted molar refractivity (Wildman–Crippen MR) is 142 cm³/mol. The molecular formula is C29H50O6. The zero-order valence-electron chi connectivity index (χ0n) is 22.5. The van der Waals surface area contributed by atoms with Crippen molar-refractivity contribution in [3.8, 4) is 23.0 Å². The van der Waals surface area contributed by atoms with Gasteiger partial charge in [-0.1, -0.05) is 104 Å². The van der Waals surface area contributed by atoms with E-state index in [4.69, 9.17) is 9.47 Å². The first-order valence-electron chi connectivity index (χ1n) is 14.1. The summed E-state index contributed by atoms with van der Waals surface area (Å²) in [6, 6.07) is 0. The number of benzene rings is 1. The minimum atomic E-state index is -1.27. The molecule has 6 heteroatoms. The van der Waals surface area contributed by atoms with Gasteiger partial charge in [-0.2, -0.15) is 0 Å². The number of aromatic hydroxyl groups is 2. The third kappa shape index (κ3) is 11.4. The van der Waals surface area contributed by atoms with Gasteiger partial charge in [0.1, 0.15) is 5.56 Å². The molecule has 0 bridgehead atoms. The van der Waals surface area contributed by atoms with Crippen LogP contribution in [0.3, 0.4) is 0 Å². The Morgan fingerprint density at radius 1 is 0.600 bits per heavy atom. The van der Waals surface area contributed by atoms with Gasteiger partial charge in [0.25, 0.3) is 0 Å². The van der Waals surface area contributed by atoms with Crippen LogP contribution in [0.2, 0.25) is 0 Å². The van der Waals surface area contributed by atoms with Crippen LogP contribution in [0.15, 0.2) is 0 Å². The zero-order chi connectivity index (χ0) is 25.9. The molecule has 0 fully saturated rings. The fourth-order valence-electron chi connectivity index (χ4n) is 4.32. The van der Waals surface area contributed by atoms with Crippen molar-refractivity contribution in [2.24, 2.45) is 0 Å². The van der Waals surface area contributed by atoms with Crippen LogP contribution in [0.5, 0.6) is 23.0 Å². The summed E-state index contributed by atoms with van der Waals surface area (Å²) < 4.78 is 12.0. The van der Waals surface area contributed by atoms with Crippen LogP contribution in [-0.2, 0) is 6.42 Å². The van der Waals surface area contributed by atoms with Gasteiger partial charge in [-0.25, -0.2) is 4.79 Å². The first-order chi connectivity index (χ1) is 17.0. The molecule has 1 aromatic carbocycles. The van der Waals surface area contributed by atoms with Gasteiger partial charge in [-0.15, -0.1) is 0 Å². The number of unbranched alkanes of at least 4 members (excludes halogenated alkanes) is 13. The summed E-state index contributed by atoms with van der Waals surface area (Å²) in [4.78, 5) is 12.1. The summed E-state index contributed by atoms with van der Waals surface area (Å²) in [6.45, 7) is 7.28. The van der Waals surface area contributed by atoms with Gasteiger partial charge < -0.3 is 24.8 Å². The van der Waals surface area contributed by atoms with E-state index in [2.05, 4.69) is 20.8 Å². The number of ether oxygens (including phenoxy) is 2. The van der Waals surface area contributed by atoms with Crippen LogP contribution in [0.25, 0.3) is 0 Å². The largest absolute Gasteiger partial charge is 0.504 e. The molecule has 0 unspecified atom stereocenters. The van der Waals surface area contributed by atoms with Gasteiger partial charge in [0, 0.05) is 5.56 Å². The first kappa shape index (κ1) is 30.9.